The summed E-state index contributed by atoms with van der Waals surface area (Å²) in [6.07, 6.45) is 2.59. The first-order chi connectivity index (χ1) is 13.2. The van der Waals surface area contributed by atoms with Crippen LogP contribution in [0.2, 0.25) is 0 Å². The predicted octanol–water partition coefficient (Wildman–Crippen LogP) is 4.05. The van der Waals surface area contributed by atoms with Crippen LogP contribution in [0.4, 0.5) is 5.69 Å². The van der Waals surface area contributed by atoms with Gasteiger partial charge in [0.1, 0.15) is 0 Å². The molecular weight excluding hydrogens is 356 g/mol. The summed E-state index contributed by atoms with van der Waals surface area (Å²) in [5, 5.41) is 0. The van der Waals surface area contributed by atoms with E-state index in [4.69, 9.17) is 4.74 Å². The Balaban J connectivity index is 1.52. The number of anilines is 1. The Hall–Kier alpha value is -1.98. The van der Waals surface area contributed by atoms with E-state index in [1.54, 1.807) is 11.8 Å². The van der Waals surface area contributed by atoms with Crippen molar-refractivity contribution in [2.75, 3.05) is 37.4 Å². The Labute approximate surface area is 165 Å². The fourth-order valence-electron chi connectivity index (χ4n) is 3.76. The van der Waals surface area contributed by atoms with Gasteiger partial charge in [-0.3, -0.25) is 4.79 Å². The molecule has 1 unspecified atom stereocenters. The molecule has 2 aromatic rings. The highest BCUT2D eigenvalue weighted by atomic mass is 32.2. The fourth-order valence-corrected chi connectivity index (χ4v) is 4.88. The number of para-hydroxylation sites is 1. The lowest BCUT2D eigenvalue weighted by atomic mass is 10.1. The maximum Gasteiger partial charge on any atom is 0.255 e. The Kier molecular flexibility index (Phi) is 5.69. The smallest absolute Gasteiger partial charge is 0.255 e. The minimum Gasteiger partial charge on any atom is -0.377 e. The van der Waals surface area contributed by atoms with Gasteiger partial charge in [0.25, 0.3) is 5.91 Å². The van der Waals surface area contributed by atoms with E-state index in [9.17, 15) is 4.79 Å². The van der Waals surface area contributed by atoms with E-state index in [2.05, 4.69) is 36.2 Å². The van der Waals surface area contributed by atoms with Crippen molar-refractivity contribution in [3.05, 3.63) is 59.7 Å². The van der Waals surface area contributed by atoms with E-state index in [1.165, 1.54) is 11.3 Å². The lowest BCUT2D eigenvalue weighted by Crippen LogP contribution is -2.34. The van der Waals surface area contributed by atoms with Gasteiger partial charge in [0.15, 0.2) is 0 Å². The molecule has 27 heavy (non-hydrogen) atoms. The number of ether oxygens (including phenoxy) is 1. The van der Waals surface area contributed by atoms with Gasteiger partial charge in [-0.05, 0) is 36.6 Å². The third kappa shape index (κ3) is 4.14. The van der Waals surface area contributed by atoms with Gasteiger partial charge < -0.3 is 14.5 Å². The van der Waals surface area contributed by atoms with Crippen LogP contribution >= 0.6 is 11.8 Å². The van der Waals surface area contributed by atoms with Crippen LogP contribution in [0.1, 0.15) is 28.8 Å². The zero-order valence-electron chi connectivity index (χ0n) is 15.8. The van der Waals surface area contributed by atoms with Gasteiger partial charge in [-0.15, -0.1) is 11.8 Å². The molecule has 1 saturated heterocycles. The number of nitrogens with zero attached hydrogens (tertiary/aromatic N) is 2. The van der Waals surface area contributed by atoms with Crippen LogP contribution in [0.3, 0.4) is 0 Å². The molecule has 4 nitrogen and oxygen atoms in total. The van der Waals surface area contributed by atoms with Gasteiger partial charge in [-0.2, -0.15) is 0 Å². The molecule has 2 aromatic carbocycles. The van der Waals surface area contributed by atoms with Gasteiger partial charge >= 0.3 is 0 Å². The topological polar surface area (TPSA) is 32.8 Å². The zero-order valence-corrected chi connectivity index (χ0v) is 16.6. The minimum absolute atomic E-state index is 0.121. The Morgan fingerprint density at radius 3 is 2.81 bits per heavy atom. The van der Waals surface area contributed by atoms with E-state index < -0.39 is 0 Å². The zero-order chi connectivity index (χ0) is 18.6. The normalized spacial score (nSPS) is 19.7. The Bertz CT molecular complexity index is 804. The van der Waals surface area contributed by atoms with Crippen molar-refractivity contribution in [2.45, 2.75) is 30.4 Å². The van der Waals surface area contributed by atoms with Gasteiger partial charge in [-0.25, -0.2) is 0 Å². The number of carbonyl (C=O) groups excluding carboxylic acids is 1. The van der Waals surface area contributed by atoms with Gasteiger partial charge in [0.2, 0.25) is 0 Å². The quantitative estimate of drug-likeness (QED) is 0.747. The summed E-state index contributed by atoms with van der Waals surface area (Å²) in [7, 11) is 2.10. The number of rotatable bonds is 4. The molecule has 0 N–H and O–H groups in total. The summed E-state index contributed by atoms with van der Waals surface area (Å²) < 4.78 is 5.74. The van der Waals surface area contributed by atoms with Crippen LogP contribution < -0.4 is 4.90 Å². The number of hydrogen-bond donors (Lipinski definition) is 0. The number of fused-ring (bicyclic) bond motifs is 1. The molecule has 2 aliphatic rings. The number of amides is 1. The standard InChI is InChI=1S/C22H26N2O2S/c1-23-12-13-24(15-17-7-2-4-10-20(17)23)22(25)19-9-3-5-11-21(19)27-16-18-8-6-14-26-18/h2-5,7,9-11,18H,6,8,12-16H2,1H3. The van der Waals surface area contributed by atoms with E-state index >= 15 is 0 Å². The van der Waals surface area contributed by atoms with E-state index in [0.29, 0.717) is 12.6 Å². The van der Waals surface area contributed by atoms with Crippen LogP contribution in [0.25, 0.3) is 0 Å². The molecule has 5 heteroatoms. The number of benzene rings is 2. The largest absolute Gasteiger partial charge is 0.377 e. The second kappa shape index (κ2) is 8.36. The van der Waals surface area contributed by atoms with E-state index in [0.717, 1.165) is 48.7 Å². The number of carbonyl (C=O) groups is 1. The van der Waals surface area contributed by atoms with Crippen molar-refractivity contribution in [1.82, 2.24) is 4.90 Å². The second-order valence-corrected chi connectivity index (χ2v) is 8.28. The Morgan fingerprint density at radius 1 is 1.15 bits per heavy atom. The summed E-state index contributed by atoms with van der Waals surface area (Å²) in [5.74, 6) is 1.03. The van der Waals surface area contributed by atoms with Crippen molar-refractivity contribution in [2.24, 2.45) is 0 Å². The minimum atomic E-state index is 0.121. The third-order valence-corrected chi connectivity index (χ3v) is 6.53. The highest BCUT2D eigenvalue weighted by molar-refractivity contribution is 7.99. The third-order valence-electron chi connectivity index (χ3n) is 5.32. The molecule has 4 rings (SSSR count). The number of hydrogen-bond acceptors (Lipinski definition) is 4. The first-order valence-corrected chi connectivity index (χ1v) is 10.6. The SMILES string of the molecule is CN1CCN(C(=O)c2ccccc2SCC2CCCO2)Cc2ccccc21. The van der Waals surface area contributed by atoms with Crippen molar-refractivity contribution in [3.63, 3.8) is 0 Å². The van der Waals surface area contributed by atoms with E-state index in [-0.39, 0.29) is 5.91 Å². The summed E-state index contributed by atoms with van der Waals surface area (Å²) in [6, 6.07) is 16.4. The first-order valence-electron chi connectivity index (χ1n) is 9.64. The molecule has 1 amide bonds. The summed E-state index contributed by atoms with van der Waals surface area (Å²) in [6.45, 7) is 3.10. The van der Waals surface area contributed by atoms with Crippen molar-refractivity contribution < 1.29 is 9.53 Å². The molecule has 2 heterocycles. The highest BCUT2D eigenvalue weighted by Crippen LogP contribution is 2.29. The fraction of sp³-hybridized carbons (Fsp3) is 0.409. The summed E-state index contributed by atoms with van der Waals surface area (Å²) >= 11 is 1.75. The highest BCUT2D eigenvalue weighted by Gasteiger charge is 2.24. The first kappa shape index (κ1) is 18.4. The monoisotopic (exact) mass is 382 g/mol. The van der Waals surface area contributed by atoms with Crippen LogP contribution in [-0.2, 0) is 11.3 Å². The molecule has 1 fully saturated rings. The molecular formula is C22H26N2O2S. The number of likely N-dealkylation sites (N-methyl/N-ethyl adjacent to an activating group) is 1. The van der Waals surface area contributed by atoms with Gasteiger partial charge in [-0.1, -0.05) is 30.3 Å². The molecule has 0 aliphatic carbocycles. The van der Waals surface area contributed by atoms with Crippen molar-refractivity contribution >= 4 is 23.4 Å². The average molecular weight is 383 g/mol. The van der Waals surface area contributed by atoms with Gasteiger partial charge in [0, 0.05) is 49.6 Å². The van der Waals surface area contributed by atoms with E-state index in [1.807, 2.05) is 29.2 Å². The lowest BCUT2D eigenvalue weighted by Gasteiger charge is -2.22. The van der Waals surface area contributed by atoms with Crippen molar-refractivity contribution in [3.8, 4) is 0 Å². The molecule has 2 aliphatic heterocycles. The molecule has 0 spiro atoms. The number of thioether (sulfide) groups is 1. The van der Waals surface area contributed by atoms with Crippen LogP contribution in [0.5, 0.6) is 0 Å². The average Bonchev–Trinajstić information content (AvgIpc) is 3.17. The maximum atomic E-state index is 13.3. The van der Waals surface area contributed by atoms with Crippen molar-refractivity contribution in [1.29, 1.82) is 0 Å². The molecule has 0 aromatic heterocycles. The van der Waals surface area contributed by atoms with Gasteiger partial charge in [0.05, 0.1) is 11.7 Å². The molecule has 0 saturated carbocycles. The molecule has 0 radical (unpaired) electrons. The summed E-state index contributed by atoms with van der Waals surface area (Å²) in [5.41, 5.74) is 3.23. The second-order valence-electron chi connectivity index (χ2n) is 7.22. The summed E-state index contributed by atoms with van der Waals surface area (Å²) in [4.78, 5) is 18.6. The maximum absolute atomic E-state index is 13.3. The Morgan fingerprint density at radius 2 is 1.96 bits per heavy atom. The van der Waals surface area contributed by atoms with Crippen LogP contribution in [-0.4, -0.2) is 49.4 Å². The molecule has 142 valence electrons. The van der Waals surface area contributed by atoms with Crippen LogP contribution in [0.15, 0.2) is 53.4 Å². The molecule has 0 bridgehead atoms. The molecule has 1 atom stereocenters. The van der Waals surface area contributed by atoms with Crippen LogP contribution in [0, 0.1) is 0 Å². The lowest BCUT2D eigenvalue weighted by molar-refractivity contribution is 0.0748. The predicted molar refractivity (Wildman–Crippen MR) is 111 cm³/mol.